The number of piperidine rings is 1. The van der Waals surface area contributed by atoms with Gasteiger partial charge in [-0.25, -0.2) is 0 Å². The van der Waals surface area contributed by atoms with Gasteiger partial charge in [-0.1, -0.05) is 25.1 Å². The van der Waals surface area contributed by atoms with Gasteiger partial charge < -0.3 is 10.2 Å². The number of para-hydroxylation sites is 1. The summed E-state index contributed by atoms with van der Waals surface area (Å²) in [6, 6.07) is 11.5. The molecular formula is C16H25N3. The molecule has 0 radical (unpaired) electrons. The van der Waals surface area contributed by atoms with E-state index in [0.29, 0.717) is 0 Å². The molecule has 1 aromatic rings. The molecule has 2 unspecified atom stereocenters. The lowest BCUT2D eigenvalue weighted by molar-refractivity contribution is 0.116. The number of hydrogen-bond acceptors (Lipinski definition) is 3. The van der Waals surface area contributed by atoms with Crippen LogP contribution in [0.2, 0.25) is 0 Å². The monoisotopic (exact) mass is 259 g/mol. The minimum Gasteiger partial charge on any atom is -0.369 e. The summed E-state index contributed by atoms with van der Waals surface area (Å²) in [6.07, 6.45) is 1.32. The molecule has 0 spiro atoms. The van der Waals surface area contributed by atoms with Crippen LogP contribution in [0.5, 0.6) is 0 Å². The summed E-state index contributed by atoms with van der Waals surface area (Å²) in [7, 11) is 0. The van der Waals surface area contributed by atoms with E-state index < -0.39 is 0 Å². The third kappa shape index (κ3) is 2.93. The molecule has 0 amide bonds. The van der Waals surface area contributed by atoms with E-state index in [1.54, 1.807) is 0 Å². The van der Waals surface area contributed by atoms with Crippen molar-refractivity contribution >= 4 is 5.69 Å². The number of rotatable bonds is 2. The standard InChI is InChI=1S/C16H25N3/c1-14-7-8-17-13-16(14)19-11-9-18(10-12-19)15-5-3-2-4-6-15/h2-6,14,16-17H,7-13H2,1H3. The molecule has 1 aromatic carbocycles. The molecule has 0 bridgehead atoms. The highest BCUT2D eigenvalue weighted by Crippen LogP contribution is 2.21. The second kappa shape index (κ2) is 5.93. The summed E-state index contributed by atoms with van der Waals surface area (Å²) >= 11 is 0. The molecule has 2 saturated heterocycles. The molecule has 0 aromatic heterocycles. The molecule has 2 atom stereocenters. The predicted molar refractivity (Wildman–Crippen MR) is 80.7 cm³/mol. The van der Waals surface area contributed by atoms with E-state index in [2.05, 4.69) is 52.4 Å². The Morgan fingerprint density at radius 1 is 1.05 bits per heavy atom. The third-order valence-electron chi connectivity index (χ3n) is 4.69. The van der Waals surface area contributed by atoms with E-state index in [1.165, 1.54) is 38.3 Å². The fourth-order valence-electron chi connectivity index (χ4n) is 3.41. The van der Waals surface area contributed by atoms with Crippen molar-refractivity contribution < 1.29 is 0 Å². The second-order valence-corrected chi connectivity index (χ2v) is 5.90. The number of nitrogens with zero attached hydrogens (tertiary/aromatic N) is 2. The summed E-state index contributed by atoms with van der Waals surface area (Å²) in [4.78, 5) is 5.20. The molecule has 1 N–H and O–H groups in total. The van der Waals surface area contributed by atoms with E-state index in [9.17, 15) is 0 Å². The molecule has 3 heteroatoms. The first kappa shape index (κ1) is 12.9. The van der Waals surface area contributed by atoms with Gasteiger partial charge in [0.25, 0.3) is 0 Å². The smallest absolute Gasteiger partial charge is 0.0367 e. The van der Waals surface area contributed by atoms with Crippen molar-refractivity contribution in [1.82, 2.24) is 10.2 Å². The van der Waals surface area contributed by atoms with Crippen molar-refractivity contribution in [2.45, 2.75) is 19.4 Å². The first-order valence-electron chi connectivity index (χ1n) is 7.59. The summed E-state index contributed by atoms with van der Waals surface area (Å²) < 4.78 is 0. The SMILES string of the molecule is CC1CCNCC1N1CCN(c2ccccc2)CC1. The topological polar surface area (TPSA) is 18.5 Å². The van der Waals surface area contributed by atoms with Gasteiger partial charge in [-0.2, -0.15) is 0 Å². The summed E-state index contributed by atoms with van der Waals surface area (Å²) in [5.41, 5.74) is 1.37. The van der Waals surface area contributed by atoms with Gasteiger partial charge in [0.2, 0.25) is 0 Å². The summed E-state index contributed by atoms with van der Waals surface area (Å²) in [5.74, 6) is 0.838. The number of anilines is 1. The van der Waals surface area contributed by atoms with Gasteiger partial charge in [-0.05, 0) is 31.0 Å². The first-order valence-corrected chi connectivity index (χ1v) is 7.59. The Hall–Kier alpha value is -1.06. The lowest BCUT2D eigenvalue weighted by Gasteiger charge is -2.44. The Kier molecular flexibility index (Phi) is 4.04. The Morgan fingerprint density at radius 3 is 2.47 bits per heavy atom. The fourth-order valence-corrected chi connectivity index (χ4v) is 3.41. The normalized spacial score (nSPS) is 29.4. The van der Waals surface area contributed by atoms with Gasteiger partial charge in [-0.15, -0.1) is 0 Å². The maximum Gasteiger partial charge on any atom is 0.0367 e. The first-order chi connectivity index (χ1) is 9.34. The van der Waals surface area contributed by atoms with Crippen LogP contribution >= 0.6 is 0 Å². The van der Waals surface area contributed by atoms with Crippen molar-refractivity contribution in [3.8, 4) is 0 Å². The molecule has 2 heterocycles. The molecule has 3 rings (SSSR count). The molecule has 2 fully saturated rings. The molecule has 0 saturated carbocycles. The number of hydrogen-bond donors (Lipinski definition) is 1. The van der Waals surface area contributed by atoms with Crippen LogP contribution in [-0.2, 0) is 0 Å². The van der Waals surface area contributed by atoms with Crippen molar-refractivity contribution in [1.29, 1.82) is 0 Å². The fraction of sp³-hybridized carbons (Fsp3) is 0.625. The highest BCUT2D eigenvalue weighted by atomic mass is 15.3. The zero-order valence-corrected chi connectivity index (χ0v) is 11.9. The molecular weight excluding hydrogens is 234 g/mol. The zero-order chi connectivity index (χ0) is 13.1. The molecule has 2 aliphatic heterocycles. The zero-order valence-electron chi connectivity index (χ0n) is 11.9. The lowest BCUT2D eigenvalue weighted by atomic mass is 9.93. The average molecular weight is 259 g/mol. The molecule has 19 heavy (non-hydrogen) atoms. The summed E-state index contributed by atoms with van der Waals surface area (Å²) in [5, 5.41) is 3.55. The third-order valence-corrected chi connectivity index (χ3v) is 4.69. The molecule has 2 aliphatic rings. The maximum atomic E-state index is 3.55. The van der Waals surface area contributed by atoms with Gasteiger partial charge in [0.15, 0.2) is 0 Å². The van der Waals surface area contributed by atoms with Gasteiger partial charge in [0.1, 0.15) is 0 Å². The van der Waals surface area contributed by atoms with Gasteiger partial charge in [0.05, 0.1) is 0 Å². The Balaban J connectivity index is 1.57. The van der Waals surface area contributed by atoms with Crippen LogP contribution in [0.1, 0.15) is 13.3 Å². The molecule has 104 valence electrons. The van der Waals surface area contributed by atoms with Crippen LogP contribution in [0, 0.1) is 5.92 Å². The van der Waals surface area contributed by atoms with Crippen molar-refractivity contribution in [2.75, 3.05) is 44.2 Å². The highest BCUT2D eigenvalue weighted by Gasteiger charge is 2.29. The van der Waals surface area contributed by atoms with E-state index in [-0.39, 0.29) is 0 Å². The second-order valence-electron chi connectivity index (χ2n) is 5.90. The molecule has 3 nitrogen and oxygen atoms in total. The van der Waals surface area contributed by atoms with Crippen LogP contribution in [-0.4, -0.2) is 50.2 Å². The minimum absolute atomic E-state index is 0.742. The van der Waals surface area contributed by atoms with E-state index >= 15 is 0 Å². The number of piperazine rings is 1. The van der Waals surface area contributed by atoms with Crippen molar-refractivity contribution in [3.63, 3.8) is 0 Å². The van der Waals surface area contributed by atoms with E-state index in [1.807, 2.05) is 0 Å². The lowest BCUT2D eigenvalue weighted by Crippen LogP contribution is -2.57. The minimum atomic E-state index is 0.742. The van der Waals surface area contributed by atoms with Crippen LogP contribution in [0.15, 0.2) is 30.3 Å². The van der Waals surface area contributed by atoms with E-state index in [0.717, 1.165) is 25.0 Å². The van der Waals surface area contributed by atoms with Gasteiger partial charge in [-0.3, -0.25) is 4.90 Å². The van der Waals surface area contributed by atoms with Crippen LogP contribution in [0.25, 0.3) is 0 Å². The van der Waals surface area contributed by atoms with Crippen LogP contribution in [0.3, 0.4) is 0 Å². The molecule has 0 aliphatic carbocycles. The largest absolute Gasteiger partial charge is 0.369 e. The van der Waals surface area contributed by atoms with Crippen LogP contribution in [0.4, 0.5) is 5.69 Å². The van der Waals surface area contributed by atoms with Gasteiger partial charge >= 0.3 is 0 Å². The van der Waals surface area contributed by atoms with Gasteiger partial charge in [0, 0.05) is 44.5 Å². The Labute approximate surface area is 116 Å². The van der Waals surface area contributed by atoms with Crippen molar-refractivity contribution in [2.24, 2.45) is 5.92 Å². The predicted octanol–water partition coefficient (Wildman–Crippen LogP) is 1.81. The van der Waals surface area contributed by atoms with Crippen molar-refractivity contribution in [3.05, 3.63) is 30.3 Å². The number of nitrogens with one attached hydrogen (secondary N) is 1. The Morgan fingerprint density at radius 2 is 1.79 bits per heavy atom. The Bertz CT molecular complexity index is 384. The van der Waals surface area contributed by atoms with Crippen LogP contribution < -0.4 is 10.2 Å². The summed E-state index contributed by atoms with van der Waals surface area (Å²) in [6.45, 7) is 9.50. The van der Waals surface area contributed by atoms with E-state index in [4.69, 9.17) is 0 Å². The quantitative estimate of drug-likeness (QED) is 0.874. The average Bonchev–Trinajstić information content (AvgIpc) is 2.49. The maximum absolute atomic E-state index is 3.55. The number of benzene rings is 1. The highest BCUT2D eigenvalue weighted by molar-refractivity contribution is 5.46.